The van der Waals surface area contributed by atoms with Gasteiger partial charge in [0.15, 0.2) is 0 Å². The van der Waals surface area contributed by atoms with Crippen molar-refractivity contribution in [3.05, 3.63) is 39.9 Å². The van der Waals surface area contributed by atoms with Crippen LogP contribution in [0.4, 0.5) is 5.69 Å². The van der Waals surface area contributed by atoms with Crippen LogP contribution in [0.1, 0.15) is 107 Å². The molecule has 0 saturated heterocycles. The van der Waals surface area contributed by atoms with Crippen molar-refractivity contribution >= 4 is 19.4 Å². The predicted molar refractivity (Wildman–Crippen MR) is 140 cm³/mol. The number of nitro benzene ring substituents is 1. The highest BCUT2D eigenvalue weighted by atomic mass is 31.2. The lowest BCUT2D eigenvalue weighted by molar-refractivity contribution is -0.384. The van der Waals surface area contributed by atoms with Crippen LogP contribution in [-0.4, -0.2) is 33.7 Å². The largest absolute Gasteiger partial charge is 0.421 e. The van der Waals surface area contributed by atoms with Gasteiger partial charge < -0.3 is 0 Å². The number of nitro groups is 1. The Balaban J connectivity index is 1.25. The van der Waals surface area contributed by atoms with E-state index in [-0.39, 0.29) is 34.4 Å². The van der Waals surface area contributed by atoms with Crippen molar-refractivity contribution < 1.29 is 23.3 Å². The van der Waals surface area contributed by atoms with Crippen LogP contribution in [0.5, 0.6) is 0 Å². The van der Waals surface area contributed by atoms with Gasteiger partial charge in [0.2, 0.25) is 11.9 Å². The lowest BCUT2D eigenvalue weighted by atomic mass is 9.98. The molecule has 0 aliphatic heterocycles. The van der Waals surface area contributed by atoms with E-state index in [9.17, 15) is 14.9 Å². The van der Waals surface area contributed by atoms with Gasteiger partial charge in [-0.25, -0.2) is 0 Å². The monoisotopic (exact) mass is 528 g/mol. The molecule has 7 rings (SSSR count). The fourth-order valence-electron chi connectivity index (χ4n) is 8.87. The van der Waals surface area contributed by atoms with E-state index in [0.717, 1.165) is 57.8 Å². The zero-order valence-corrected chi connectivity index (χ0v) is 22.6. The van der Waals surface area contributed by atoms with Crippen LogP contribution in [0, 0.1) is 27.9 Å². The van der Waals surface area contributed by atoms with Crippen LogP contribution in [0.25, 0.3) is 0 Å². The number of hydrogen-bond acceptors (Lipinski definition) is 6. The van der Waals surface area contributed by atoms with Crippen LogP contribution < -0.4 is 0 Å². The third kappa shape index (κ3) is 4.48. The van der Waals surface area contributed by atoms with Crippen LogP contribution >= 0.6 is 7.94 Å². The topological polar surface area (TPSA) is 87.9 Å². The molecule has 0 radical (unpaired) electrons. The number of hydrogen-bond donors (Lipinski definition) is 0. The van der Waals surface area contributed by atoms with Crippen LogP contribution in [0.15, 0.2) is 24.3 Å². The van der Waals surface area contributed by atoms with Crippen LogP contribution in [0.3, 0.4) is 0 Å². The lowest BCUT2D eigenvalue weighted by Gasteiger charge is -2.39. The molecule has 8 heteroatoms. The zero-order valence-electron chi connectivity index (χ0n) is 21.7. The number of rotatable bonds is 10. The number of benzene rings is 1. The number of carbonyl (C=O) groups is 1. The summed E-state index contributed by atoms with van der Waals surface area (Å²) in [5, 5.41) is 11.2. The number of fused-ring (bicyclic) bond motifs is 6. The van der Waals surface area contributed by atoms with Crippen molar-refractivity contribution in [2.45, 2.75) is 113 Å². The van der Waals surface area contributed by atoms with Crippen molar-refractivity contribution in [1.82, 2.24) is 0 Å². The van der Waals surface area contributed by atoms with Gasteiger partial charge in [-0.15, -0.1) is 0 Å². The normalized spacial score (nSPS) is 40.9. The quantitative estimate of drug-likeness (QED) is 0.135. The first-order valence-corrected chi connectivity index (χ1v) is 16.3. The van der Waals surface area contributed by atoms with Gasteiger partial charge in [-0.2, -0.15) is 13.6 Å². The Morgan fingerprint density at radius 3 is 1.43 bits per heavy atom. The first-order chi connectivity index (χ1) is 17.8. The summed E-state index contributed by atoms with van der Waals surface area (Å²) in [4.78, 5) is 24.6. The van der Waals surface area contributed by atoms with E-state index in [1.54, 1.807) is 12.1 Å². The smallest absolute Gasteiger partial charge is 0.290 e. The predicted octanol–water partition coefficient (Wildman–Crippen LogP) is 7.59. The molecule has 0 spiro atoms. The highest BCUT2D eigenvalue weighted by Crippen LogP contribution is 2.76. The van der Waals surface area contributed by atoms with Gasteiger partial charge in [-0.05, 0) is 126 Å². The number of non-ortho nitro benzene ring substituents is 1. The molecular weight excluding hydrogens is 489 g/mol. The maximum Gasteiger partial charge on any atom is 0.421 e. The Labute approximate surface area is 219 Å². The summed E-state index contributed by atoms with van der Waals surface area (Å²) < 4.78 is 21.9. The lowest BCUT2D eigenvalue weighted by Crippen LogP contribution is -2.39. The van der Waals surface area contributed by atoms with E-state index in [1.807, 2.05) is 0 Å². The number of Topliss-reactive ketones (excluding diaryl/α,β-unsaturated/α-hetero) is 1. The van der Waals surface area contributed by atoms with Crippen LogP contribution in [-0.2, 0) is 13.6 Å². The highest BCUT2D eigenvalue weighted by molar-refractivity contribution is 7.62. The average Bonchev–Trinajstić information content (AvgIpc) is 3.72. The summed E-state index contributed by atoms with van der Waals surface area (Å²) >= 11 is 0. The van der Waals surface area contributed by atoms with E-state index in [0.29, 0.717) is 23.3 Å². The second-order valence-electron chi connectivity index (χ2n) is 13.3. The molecule has 1 aromatic carbocycles. The molecule has 6 bridgehead atoms. The van der Waals surface area contributed by atoms with E-state index < -0.39 is 12.9 Å². The molecule has 0 unspecified atom stereocenters. The van der Waals surface area contributed by atoms with E-state index in [1.165, 1.54) is 50.7 Å². The highest BCUT2D eigenvalue weighted by Gasteiger charge is 2.67. The molecule has 6 saturated carbocycles. The van der Waals surface area contributed by atoms with E-state index >= 15 is 0 Å². The summed E-state index contributed by atoms with van der Waals surface area (Å²) in [5.41, 5.74) is -0.217. The molecule has 0 atom stereocenters. The molecule has 0 N–H and O–H groups in total. The average molecular weight is 529 g/mol. The number of ketones is 1. The van der Waals surface area contributed by atoms with Gasteiger partial charge in [0.1, 0.15) is 16.8 Å². The van der Waals surface area contributed by atoms with E-state index in [4.69, 9.17) is 13.6 Å². The maximum absolute atomic E-state index is 13.9. The van der Waals surface area contributed by atoms with Crippen LogP contribution in [0.2, 0.25) is 0 Å². The summed E-state index contributed by atoms with van der Waals surface area (Å²) in [6.07, 6.45) is 16.6. The van der Waals surface area contributed by atoms with Crippen molar-refractivity contribution in [3.63, 3.8) is 0 Å². The zero-order chi connectivity index (χ0) is 25.3. The molecule has 1 aromatic rings. The first-order valence-electron chi connectivity index (χ1n) is 14.6. The Kier molecular flexibility index (Phi) is 5.86. The molecule has 200 valence electrons. The molecule has 7 nitrogen and oxygen atoms in total. The Morgan fingerprint density at radius 1 is 0.757 bits per heavy atom. The number of carbonyl (C=O) groups excluding carboxylic acids is 1. The molecule has 0 amide bonds. The van der Waals surface area contributed by atoms with Crippen molar-refractivity contribution in [1.29, 1.82) is 0 Å². The second-order valence-corrected chi connectivity index (χ2v) is 15.3. The molecule has 6 aliphatic carbocycles. The SMILES string of the molecule is O=C(C[P+](OC12CCC(CC1)C2)(OC12CCC(CC1)C2)OC12CCC(CC1)C2)c1ccc([N+](=O)[O-])cc1. The third-order valence-electron chi connectivity index (χ3n) is 10.8. The fourth-order valence-corrected chi connectivity index (χ4v) is 12.3. The third-order valence-corrected chi connectivity index (χ3v) is 13.4. The minimum atomic E-state index is -3.05. The molecule has 37 heavy (non-hydrogen) atoms. The maximum atomic E-state index is 13.9. The van der Waals surface area contributed by atoms with Gasteiger partial charge in [0.05, 0.1) is 4.92 Å². The van der Waals surface area contributed by atoms with Crippen molar-refractivity contribution in [3.8, 4) is 0 Å². The van der Waals surface area contributed by atoms with Gasteiger partial charge in [0, 0.05) is 17.7 Å². The minimum Gasteiger partial charge on any atom is -0.290 e. The van der Waals surface area contributed by atoms with Gasteiger partial charge in [-0.1, -0.05) is 0 Å². The van der Waals surface area contributed by atoms with Gasteiger partial charge >= 0.3 is 7.94 Å². The second kappa shape index (κ2) is 8.81. The Bertz CT molecular complexity index is 986. The first kappa shape index (κ1) is 24.6. The summed E-state index contributed by atoms with van der Waals surface area (Å²) in [5.74, 6) is 2.06. The van der Waals surface area contributed by atoms with Crippen molar-refractivity contribution in [2.75, 3.05) is 6.16 Å². The summed E-state index contributed by atoms with van der Waals surface area (Å²) in [7, 11) is -3.05. The fraction of sp³-hybridized carbons (Fsp3) is 0.759. The van der Waals surface area contributed by atoms with E-state index in [2.05, 4.69) is 0 Å². The summed E-state index contributed by atoms with van der Waals surface area (Å²) in [6, 6.07) is 5.99. The molecular formula is C29H39NO6P+. The number of nitrogens with zero attached hydrogens (tertiary/aromatic N) is 1. The summed E-state index contributed by atoms with van der Waals surface area (Å²) in [6.45, 7) is 0. The standard InChI is InChI=1S/C29H39NO6P/c31-26(24-1-3-25(4-2-24)30(32)33)20-37(34-27-11-5-21(17-27)6-12-27,35-28-13-7-22(18-28)8-14-28)36-29-15-9-23(19-29)10-16-29/h1-4,21-23H,5-20H2/q+1. The Morgan fingerprint density at radius 2 is 1.14 bits per heavy atom. The van der Waals surface area contributed by atoms with Gasteiger partial charge in [-0.3, -0.25) is 14.9 Å². The van der Waals surface area contributed by atoms with Crippen molar-refractivity contribution in [2.24, 2.45) is 17.8 Å². The molecule has 6 aliphatic rings. The minimum absolute atomic E-state index is 0.00751. The molecule has 6 fully saturated rings. The van der Waals surface area contributed by atoms with Gasteiger partial charge in [0.25, 0.3) is 5.69 Å². The molecule has 0 heterocycles. The Hall–Kier alpha value is -1.40. The molecule has 0 aromatic heterocycles.